The van der Waals surface area contributed by atoms with Crippen LogP contribution >= 0.6 is 0 Å². The minimum Gasteiger partial charge on any atom is -0.380 e. The van der Waals surface area contributed by atoms with Crippen LogP contribution in [0.15, 0.2) is 18.2 Å². The second-order valence-corrected chi connectivity index (χ2v) is 4.97. The van der Waals surface area contributed by atoms with Crippen molar-refractivity contribution in [2.24, 2.45) is 5.41 Å². The molecule has 0 bridgehead atoms. The van der Waals surface area contributed by atoms with Crippen molar-refractivity contribution in [2.75, 3.05) is 19.8 Å². The van der Waals surface area contributed by atoms with Gasteiger partial charge in [-0.15, -0.1) is 0 Å². The van der Waals surface area contributed by atoms with Crippen molar-refractivity contribution in [3.8, 4) is 0 Å². The molecule has 1 aliphatic rings. The van der Waals surface area contributed by atoms with Crippen molar-refractivity contribution in [3.05, 3.63) is 35.1 Å². The topological polar surface area (TPSA) is 38.3 Å². The van der Waals surface area contributed by atoms with Gasteiger partial charge in [-0.25, -0.2) is 4.39 Å². The molecule has 1 amide bonds. The lowest BCUT2D eigenvalue weighted by Crippen LogP contribution is -2.48. The summed E-state index contributed by atoms with van der Waals surface area (Å²) in [5.41, 5.74) is 0.898. The molecule has 0 radical (unpaired) electrons. The SMILES string of the molecule is Cc1ccc(C(=O)NCC2(C)COC2)c(F)c1. The zero-order chi connectivity index (χ0) is 12.5. The molecule has 1 fully saturated rings. The number of nitrogens with one attached hydrogen (secondary N) is 1. The maximum Gasteiger partial charge on any atom is 0.254 e. The first kappa shape index (κ1) is 12.0. The first-order valence-electron chi connectivity index (χ1n) is 5.62. The Hall–Kier alpha value is -1.42. The van der Waals surface area contributed by atoms with E-state index in [0.717, 1.165) is 5.56 Å². The summed E-state index contributed by atoms with van der Waals surface area (Å²) in [7, 11) is 0. The molecule has 1 saturated heterocycles. The first-order chi connectivity index (χ1) is 8.00. The van der Waals surface area contributed by atoms with Crippen molar-refractivity contribution >= 4 is 5.91 Å². The van der Waals surface area contributed by atoms with Gasteiger partial charge < -0.3 is 10.1 Å². The molecular formula is C13H16FNO2. The van der Waals surface area contributed by atoms with Gasteiger partial charge in [0.1, 0.15) is 5.82 Å². The van der Waals surface area contributed by atoms with Gasteiger partial charge in [-0.1, -0.05) is 13.0 Å². The summed E-state index contributed by atoms with van der Waals surface area (Å²) in [5, 5.41) is 2.74. The highest BCUT2D eigenvalue weighted by atomic mass is 19.1. The molecule has 4 heteroatoms. The Balaban J connectivity index is 1.99. The van der Waals surface area contributed by atoms with E-state index in [1.807, 2.05) is 6.92 Å². The fourth-order valence-corrected chi connectivity index (χ4v) is 1.75. The molecule has 1 aromatic rings. The lowest BCUT2D eigenvalue weighted by atomic mass is 9.88. The molecule has 1 aromatic carbocycles. The van der Waals surface area contributed by atoms with Crippen LogP contribution in [0.2, 0.25) is 0 Å². The van der Waals surface area contributed by atoms with Gasteiger partial charge in [0.2, 0.25) is 0 Å². The molecule has 1 aliphatic heterocycles. The van der Waals surface area contributed by atoms with Gasteiger partial charge in [-0.2, -0.15) is 0 Å². The Morgan fingerprint density at radius 1 is 1.53 bits per heavy atom. The molecule has 1 N–H and O–H groups in total. The van der Waals surface area contributed by atoms with Crippen molar-refractivity contribution in [1.29, 1.82) is 0 Å². The average Bonchev–Trinajstić information content (AvgIpc) is 2.23. The van der Waals surface area contributed by atoms with Crippen LogP contribution in [0.25, 0.3) is 0 Å². The molecular weight excluding hydrogens is 221 g/mol. The van der Waals surface area contributed by atoms with E-state index in [9.17, 15) is 9.18 Å². The predicted octanol–water partition coefficient (Wildman–Crippen LogP) is 1.90. The number of hydrogen-bond acceptors (Lipinski definition) is 2. The Morgan fingerprint density at radius 2 is 2.24 bits per heavy atom. The Morgan fingerprint density at radius 3 is 2.76 bits per heavy atom. The second-order valence-electron chi connectivity index (χ2n) is 4.97. The van der Waals surface area contributed by atoms with E-state index < -0.39 is 5.82 Å². The van der Waals surface area contributed by atoms with Crippen molar-refractivity contribution in [1.82, 2.24) is 5.32 Å². The predicted molar refractivity (Wildman–Crippen MR) is 62.4 cm³/mol. The summed E-state index contributed by atoms with van der Waals surface area (Å²) in [4.78, 5) is 11.8. The molecule has 0 unspecified atom stereocenters. The summed E-state index contributed by atoms with van der Waals surface area (Å²) >= 11 is 0. The Kier molecular flexibility index (Phi) is 3.15. The number of hydrogen-bond donors (Lipinski definition) is 1. The van der Waals surface area contributed by atoms with Crippen LogP contribution in [0.1, 0.15) is 22.8 Å². The van der Waals surface area contributed by atoms with Crippen LogP contribution in [-0.2, 0) is 4.74 Å². The molecule has 17 heavy (non-hydrogen) atoms. The zero-order valence-corrected chi connectivity index (χ0v) is 10.0. The second kappa shape index (κ2) is 4.45. The van der Waals surface area contributed by atoms with Gasteiger partial charge in [0.05, 0.1) is 18.8 Å². The standard InChI is InChI=1S/C13H16FNO2/c1-9-3-4-10(11(14)5-9)12(16)15-6-13(2)7-17-8-13/h3-5H,6-8H2,1-2H3,(H,15,16). The Labute approximate surface area is 100.0 Å². The third-order valence-electron chi connectivity index (χ3n) is 2.95. The average molecular weight is 237 g/mol. The molecule has 0 aromatic heterocycles. The quantitative estimate of drug-likeness (QED) is 0.872. The minimum atomic E-state index is -0.475. The third kappa shape index (κ3) is 2.64. The highest BCUT2D eigenvalue weighted by molar-refractivity contribution is 5.94. The van der Waals surface area contributed by atoms with Gasteiger partial charge in [0.15, 0.2) is 0 Å². The van der Waals surface area contributed by atoms with Crippen molar-refractivity contribution < 1.29 is 13.9 Å². The molecule has 0 spiro atoms. The fourth-order valence-electron chi connectivity index (χ4n) is 1.75. The fraction of sp³-hybridized carbons (Fsp3) is 0.462. The summed E-state index contributed by atoms with van der Waals surface area (Å²) in [5.74, 6) is -0.840. The molecule has 0 aliphatic carbocycles. The van der Waals surface area contributed by atoms with Crippen LogP contribution in [-0.4, -0.2) is 25.7 Å². The summed E-state index contributed by atoms with van der Waals surface area (Å²) in [6.45, 7) is 5.62. The van der Waals surface area contributed by atoms with Gasteiger partial charge in [-0.3, -0.25) is 4.79 Å². The lowest BCUT2D eigenvalue weighted by molar-refractivity contribution is -0.0978. The van der Waals surface area contributed by atoms with E-state index in [0.29, 0.717) is 19.8 Å². The van der Waals surface area contributed by atoms with Gasteiger partial charge in [0.25, 0.3) is 5.91 Å². The maximum atomic E-state index is 13.5. The summed E-state index contributed by atoms with van der Waals surface area (Å²) in [6.07, 6.45) is 0. The molecule has 2 rings (SSSR count). The van der Waals surface area contributed by atoms with E-state index in [-0.39, 0.29) is 16.9 Å². The normalized spacial score (nSPS) is 17.4. The molecule has 0 saturated carbocycles. The number of carbonyl (C=O) groups is 1. The zero-order valence-electron chi connectivity index (χ0n) is 10.0. The highest BCUT2D eigenvalue weighted by Crippen LogP contribution is 2.25. The summed E-state index contributed by atoms with van der Waals surface area (Å²) < 4.78 is 18.6. The molecule has 92 valence electrons. The van der Waals surface area contributed by atoms with E-state index in [2.05, 4.69) is 5.32 Å². The smallest absolute Gasteiger partial charge is 0.254 e. The van der Waals surface area contributed by atoms with E-state index in [1.165, 1.54) is 12.1 Å². The largest absolute Gasteiger partial charge is 0.380 e. The van der Waals surface area contributed by atoms with Gasteiger partial charge in [0, 0.05) is 12.0 Å². The van der Waals surface area contributed by atoms with Crippen LogP contribution < -0.4 is 5.32 Å². The number of ether oxygens (including phenoxy) is 1. The monoisotopic (exact) mass is 237 g/mol. The maximum absolute atomic E-state index is 13.5. The summed E-state index contributed by atoms with van der Waals surface area (Å²) in [6, 6.07) is 4.61. The van der Waals surface area contributed by atoms with Crippen LogP contribution in [0.3, 0.4) is 0 Å². The minimum absolute atomic E-state index is 0.00314. The number of aryl methyl sites for hydroxylation is 1. The number of amides is 1. The van der Waals surface area contributed by atoms with Crippen molar-refractivity contribution in [3.63, 3.8) is 0 Å². The van der Waals surface area contributed by atoms with Crippen LogP contribution in [0.5, 0.6) is 0 Å². The third-order valence-corrected chi connectivity index (χ3v) is 2.95. The highest BCUT2D eigenvalue weighted by Gasteiger charge is 2.33. The van der Waals surface area contributed by atoms with E-state index in [1.54, 1.807) is 13.0 Å². The van der Waals surface area contributed by atoms with Gasteiger partial charge in [-0.05, 0) is 24.6 Å². The van der Waals surface area contributed by atoms with E-state index in [4.69, 9.17) is 4.74 Å². The Bertz CT molecular complexity index is 441. The van der Waals surface area contributed by atoms with Crippen molar-refractivity contribution in [2.45, 2.75) is 13.8 Å². The first-order valence-corrected chi connectivity index (χ1v) is 5.62. The number of halogens is 1. The number of benzene rings is 1. The number of carbonyl (C=O) groups excluding carboxylic acids is 1. The van der Waals surface area contributed by atoms with E-state index >= 15 is 0 Å². The molecule has 3 nitrogen and oxygen atoms in total. The van der Waals surface area contributed by atoms with Gasteiger partial charge >= 0.3 is 0 Å². The van der Waals surface area contributed by atoms with Crippen LogP contribution in [0, 0.1) is 18.2 Å². The lowest BCUT2D eigenvalue weighted by Gasteiger charge is -2.38. The molecule has 0 atom stereocenters. The number of rotatable bonds is 3. The molecule has 1 heterocycles. The van der Waals surface area contributed by atoms with Crippen LogP contribution in [0.4, 0.5) is 4.39 Å².